The summed E-state index contributed by atoms with van der Waals surface area (Å²) in [4.78, 5) is 9.07. The topological polar surface area (TPSA) is 72.7 Å². The Morgan fingerprint density at radius 3 is 2.56 bits per heavy atom. The number of hydrogen-bond donors (Lipinski definition) is 2. The highest BCUT2D eigenvalue weighted by atomic mass is 127. The summed E-state index contributed by atoms with van der Waals surface area (Å²) in [5.41, 5.74) is 3.17. The number of methoxy groups -OCH3 is 1. The largest absolute Gasteiger partial charge is 0.493 e. The molecule has 2 N–H and O–H groups in total. The Labute approximate surface area is 206 Å². The summed E-state index contributed by atoms with van der Waals surface area (Å²) in [7, 11) is 5.49. The summed E-state index contributed by atoms with van der Waals surface area (Å²) < 4.78 is 14.0. The Balaban J connectivity index is 0.00000289. The Morgan fingerprint density at radius 1 is 1.09 bits per heavy atom. The fourth-order valence-corrected chi connectivity index (χ4v) is 4.08. The molecule has 0 spiro atoms. The molecule has 0 atom stereocenters. The molecule has 8 heteroatoms. The molecule has 1 aliphatic carbocycles. The van der Waals surface area contributed by atoms with Crippen molar-refractivity contribution in [1.29, 1.82) is 0 Å². The average Bonchev–Trinajstić information content (AvgIpc) is 3.43. The first kappa shape index (κ1) is 24.2. The zero-order valence-corrected chi connectivity index (χ0v) is 21.3. The molecule has 4 rings (SSSR count). The molecule has 0 saturated heterocycles. The smallest absolute Gasteiger partial charge is 0.191 e. The van der Waals surface area contributed by atoms with Crippen LogP contribution in [-0.2, 0) is 20.1 Å². The van der Waals surface area contributed by atoms with Gasteiger partial charge in [-0.1, -0.05) is 24.3 Å². The average molecular weight is 549 g/mol. The van der Waals surface area contributed by atoms with E-state index in [-0.39, 0.29) is 30.1 Å². The van der Waals surface area contributed by atoms with Crippen molar-refractivity contribution < 1.29 is 9.47 Å². The maximum absolute atomic E-state index is 6.33. The van der Waals surface area contributed by atoms with Crippen molar-refractivity contribution in [2.24, 2.45) is 12.0 Å². The van der Waals surface area contributed by atoms with E-state index in [0.717, 1.165) is 46.8 Å². The summed E-state index contributed by atoms with van der Waals surface area (Å²) in [6.07, 6.45) is 4.93. The van der Waals surface area contributed by atoms with Crippen molar-refractivity contribution in [1.82, 2.24) is 20.2 Å². The zero-order chi connectivity index (χ0) is 21.6. The van der Waals surface area contributed by atoms with Crippen LogP contribution in [0.25, 0.3) is 11.0 Å². The summed E-state index contributed by atoms with van der Waals surface area (Å²) in [5.74, 6) is 3.27. The van der Waals surface area contributed by atoms with Gasteiger partial charge in [0.1, 0.15) is 5.82 Å². The van der Waals surface area contributed by atoms with Crippen LogP contribution in [0.15, 0.2) is 47.5 Å². The number of guanidine groups is 1. The van der Waals surface area contributed by atoms with Crippen LogP contribution in [0.2, 0.25) is 0 Å². The molecule has 1 aliphatic rings. The number of halogens is 1. The van der Waals surface area contributed by atoms with E-state index in [9.17, 15) is 0 Å². The molecule has 0 unspecified atom stereocenters. The standard InChI is InChI=1S/C24H31N5O2.HI/c1-25-24(27-16-22-28-19-12-6-7-13-20(19)29(22)2)26-15-17-9-8-14-21(30-3)23(17)31-18-10-4-5-11-18;/h6-9,12-14,18H,4-5,10-11,15-16H2,1-3H3,(H2,25,26,27);1H. The first-order valence-electron chi connectivity index (χ1n) is 10.9. The fourth-order valence-electron chi connectivity index (χ4n) is 4.08. The lowest BCUT2D eigenvalue weighted by Crippen LogP contribution is -2.37. The Kier molecular flexibility index (Phi) is 8.60. The van der Waals surface area contributed by atoms with E-state index < -0.39 is 0 Å². The number of para-hydroxylation sites is 3. The molecule has 1 heterocycles. The molecule has 0 bridgehead atoms. The Hall–Kier alpha value is -2.49. The fraction of sp³-hybridized carbons (Fsp3) is 0.417. The van der Waals surface area contributed by atoms with Gasteiger partial charge in [0.2, 0.25) is 0 Å². The molecule has 1 fully saturated rings. The second-order valence-corrected chi connectivity index (χ2v) is 7.83. The van der Waals surface area contributed by atoms with Crippen molar-refractivity contribution >= 4 is 41.0 Å². The van der Waals surface area contributed by atoms with Crippen molar-refractivity contribution in [3.8, 4) is 11.5 Å². The van der Waals surface area contributed by atoms with E-state index in [1.165, 1.54) is 12.8 Å². The van der Waals surface area contributed by atoms with Gasteiger partial charge < -0.3 is 24.7 Å². The van der Waals surface area contributed by atoms with Crippen LogP contribution in [0.5, 0.6) is 11.5 Å². The maximum Gasteiger partial charge on any atom is 0.191 e. The third-order valence-corrected chi connectivity index (χ3v) is 5.83. The summed E-state index contributed by atoms with van der Waals surface area (Å²) in [6.45, 7) is 1.16. The molecular weight excluding hydrogens is 517 g/mol. The van der Waals surface area contributed by atoms with Crippen molar-refractivity contribution in [2.75, 3.05) is 14.2 Å². The van der Waals surface area contributed by atoms with Gasteiger partial charge in [0.05, 0.1) is 30.8 Å². The molecule has 0 aliphatic heterocycles. The molecule has 0 amide bonds. The summed E-state index contributed by atoms with van der Waals surface area (Å²) in [5, 5.41) is 6.75. The first-order chi connectivity index (χ1) is 15.2. The van der Waals surface area contributed by atoms with Crippen LogP contribution in [-0.4, -0.2) is 35.8 Å². The number of nitrogens with zero attached hydrogens (tertiary/aromatic N) is 3. The molecule has 7 nitrogen and oxygen atoms in total. The van der Waals surface area contributed by atoms with Crippen LogP contribution < -0.4 is 20.1 Å². The van der Waals surface area contributed by atoms with E-state index in [1.807, 2.05) is 37.4 Å². The quantitative estimate of drug-likeness (QED) is 0.260. The number of hydrogen-bond acceptors (Lipinski definition) is 4. The van der Waals surface area contributed by atoms with Gasteiger partial charge in [0.25, 0.3) is 0 Å². The number of aromatic nitrogens is 2. The van der Waals surface area contributed by atoms with Gasteiger partial charge in [-0.05, 0) is 43.9 Å². The number of benzene rings is 2. The van der Waals surface area contributed by atoms with E-state index >= 15 is 0 Å². The highest BCUT2D eigenvalue weighted by Crippen LogP contribution is 2.34. The van der Waals surface area contributed by atoms with E-state index in [1.54, 1.807) is 14.2 Å². The minimum atomic E-state index is 0. The van der Waals surface area contributed by atoms with Crippen molar-refractivity contribution in [2.45, 2.75) is 44.9 Å². The predicted octanol–water partition coefficient (Wildman–Crippen LogP) is 4.39. The van der Waals surface area contributed by atoms with Gasteiger partial charge in [0, 0.05) is 26.2 Å². The van der Waals surface area contributed by atoms with E-state index in [2.05, 4.69) is 32.3 Å². The maximum atomic E-state index is 6.33. The molecule has 1 saturated carbocycles. The first-order valence-corrected chi connectivity index (χ1v) is 10.9. The SMILES string of the molecule is CN=C(NCc1cccc(OC)c1OC1CCCC1)NCc1nc2ccccc2n1C.I. The number of imidazole rings is 1. The highest BCUT2D eigenvalue weighted by Gasteiger charge is 2.20. The molecule has 1 aromatic heterocycles. The Morgan fingerprint density at radius 2 is 1.84 bits per heavy atom. The monoisotopic (exact) mass is 549 g/mol. The van der Waals surface area contributed by atoms with Crippen LogP contribution in [0.3, 0.4) is 0 Å². The second kappa shape index (κ2) is 11.4. The van der Waals surface area contributed by atoms with Gasteiger partial charge in [-0.15, -0.1) is 24.0 Å². The van der Waals surface area contributed by atoms with Gasteiger partial charge in [-0.2, -0.15) is 0 Å². The number of nitrogens with one attached hydrogen (secondary N) is 2. The normalized spacial score (nSPS) is 14.3. The summed E-state index contributed by atoms with van der Waals surface area (Å²) >= 11 is 0. The van der Waals surface area contributed by atoms with Crippen molar-refractivity contribution in [3.05, 3.63) is 53.9 Å². The Bertz CT molecular complexity index is 1060. The minimum Gasteiger partial charge on any atom is -0.493 e. The van der Waals surface area contributed by atoms with Crippen LogP contribution in [0.4, 0.5) is 0 Å². The van der Waals surface area contributed by atoms with E-state index in [0.29, 0.717) is 19.0 Å². The minimum absolute atomic E-state index is 0. The number of ether oxygens (including phenoxy) is 2. The molecular formula is C24H32IN5O2. The second-order valence-electron chi connectivity index (χ2n) is 7.83. The lowest BCUT2D eigenvalue weighted by atomic mass is 10.1. The molecule has 2 aromatic carbocycles. The number of fused-ring (bicyclic) bond motifs is 1. The van der Waals surface area contributed by atoms with Gasteiger partial charge >= 0.3 is 0 Å². The van der Waals surface area contributed by atoms with E-state index in [4.69, 9.17) is 14.5 Å². The number of aryl methyl sites for hydroxylation is 1. The molecule has 172 valence electrons. The molecule has 32 heavy (non-hydrogen) atoms. The predicted molar refractivity (Wildman–Crippen MR) is 139 cm³/mol. The summed E-state index contributed by atoms with van der Waals surface area (Å²) in [6, 6.07) is 14.2. The van der Waals surface area contributed by atoms with Gasteiger partial charge in [-0.3, -0.25) is 4.99 Å². The zero-order valence-electron chi connectivity index (χ0n) is 18.9. The van der Waals surface area contributed by atoms with Crippen molar-refractivity contribution in [3.63, 3.8) is 0 Å². The lowest BCUT2D eigenvalue weighted by molar-refractivity contribution is 0.198. The third-order valence-electron chi connectivity index (χ3n) is 5.83. The van der Waals surface area contributed by atoms with Crippen LogP contribution >= 0.6 is 24.0 Å². The molecule has 0 radical (unpaired) electrons. The van der Waals surface area contributed by atoms with Crippen LogP contribution in [0.1, 0.15) is 37.1 Å². The van der Waals surface area contributed by atoms with Gasteiger partial charge in [0.15, 0.2) is 17.5 Å². The number of aliphatic imine (C=N–C) groups is 1. The van der Waals surface area contributed by atoms with Gasteiger partial charge in [-0.25, -0.2) is 4.98 Å². The lowest BCUT2D eigenvalue weighted by Gasteiger charge is -2.20. The van der Waals surface area contributed by atoms with Crippen LogP contribution in [0, 0.1) is 0 Å². The highest BCUT2D eigenvalue weighted by molar-refractivity contribution is 14.0. The third kappa shape index (κ3) is 5.46. The molecule has 3 aromatic rings. The number of rotatable bonds is 7.